The average molecular weight is 780 g/mol. The molecule has 0 bridgehead atoms. The van der Waals surface area contributed by atoms with E-state index in [1.54, 1.807) is 13.0 Å². The van der Waals surface area contributed by atoms with Crippen molar-refractivity contribution in [3.63, 3.8) is 0 Å². The van der Waals surface area contributed by atoms with Crippen LogP contribution >= 0.6 is 46.7 Å². The molecule has 0 aliphatic carbocycles. The van der Waals surface area contributed by atoms with Gasteiger partial charge in [-0.15, -0.1) is 23.5 Å². The first-order chi connectivity index (χ1) is 24.6. The number of carbonyl (C=O) groups excluding carboxylic acids is 6. The zero-order chi connectivity index (χ0) is 37.6. The van der Waals surface area contributed by atoms with Gasteiger partial charge in [-0.2, -0.15) is 0 Å². The van der Waals surface area contributed by atoms with E-state index in [4.69, 9.17) is 23.2 Å². The van der Waals surface area contributed by atoms with Crippen LogP contribution in [0.2, 0.25) is 10.0 Å². The minimum atomic E-state index is -0.708. The second-order valence-corrected chi connectivity index (χ2v) is 13.3. The van der Waals surface area contributed by atoms with Gasteiger partial charge >= 0.3 is 0 Å². The fourth-order valence-corrected chi connectivity index (χ4v) is 6.56. The number of amides is 6. The molecule has 0 heterocycles. The molecule has 0 aliphatic heterocycles. The van der Waals surface area contributed by atoms with Crippen LogP contribution in [0.3, 0.4) is 0 Å². The number of nitrogens with zero attached hydrogens (tertiary/aromatic N) is 1. The SMILES string of the molecule is C=C(/C=C(\N=CC)C(=O)Nc1cc(Cl)cc(NC(=O)CCCCNC)c1SCCNC=O)C(=O)Nc1cc(Cl)cc(NC=O)c1SCCNC=O. The summed E-state index contributed by atoms with van der Waals surface area (Å²) >= 11 is 15.2. The quantitative estimate of drug-likeness (QED) is 0.0198. The lowest BCUT2D eigenvalue weighted by Crippen LogP contribution is -2.19. The molecule has 0 aromatic heterocycles. The first-order valence-corrected chi connectivity index (χ1v) is 18.2. The average Bonchev–Trinajstić information content (AvgIpc) is 3.08. The topological polar surface area (TPSA) is 199 Å². The van der Waals surface area contributed by atoms with Crippen LogP contribution in [-0.2, 0) is 28.8 Å². The molecule has 0 atom stereocenters. The lowest BCUT2D eigenvalue weighted by molar-refractivity contribution is -0.116. The number of anilines is 4. The van der Waals surface area contributed by atoms with Crippen molar-refractivity contribution >= 4 is 113 Å². The van der Waals surface area contributed by atoms with E-state index in [0.717, 1.165) is 13.0 Å². The van der Waals surface area contributed by atoms with E-state index < -0.39 is 11.8 Å². The number of hydrogen-bond donors (Lipinski definition) is 7. The van der Waals surface area contributed by atoms with Gasteiger partial charge in [-0.25, -0.2) is 0 Å². The Morgan fingerprint density at radius 1 is 0.765 bits per heavy atom. The molecule has 0 spiro atoms. The van der Waals surface area contributed by atoms with Crippen molar-refractivity contribution in [3.05, 3.63) is 58.2 Å². The maximum absolute atomic E-state index is 13.6. The molecule has 14 nitrogen and oxygen atoms in total. The summed E-state index contributed by atoms with van der Waals surface area (Å²) in [6.07, 6.45) is 5.91. The molecule has 0 saturated heterocycles. The lowest BCUT2D eigenvalue weighted by atomic mass is 10.2. The second-order valence-electron chi connectivity index (χ2n) is 10.2. The van der Waals surface area contributed by atoms with Crippen molar-refractivity contribution in [2.75, 3.05) is 59.5 Å². The minimum Gasteiger partial charge on any atom is -0.358 e. The summed E-state index contributed by atoms with van der Waals surface area (Å²) in [5, 5.41) is 19.5. The highest BCUT2D eigenvalue weighted by molar-refractivity contribution is 7.99. The van der Waals surface area contributed by atoms with Gasteiger partial charge in [0.15, 0.2) is 0 Å². The summed E-state index contributed by atoms with van der Waals surface area (Å²) in [5.41, 5.74) is 0.926. The van der Waals surface area contributed by atoms with E-state index in [2.05, 4.69) is 48.8 Å². The highest BCUT2D eigenvalue weighted by Gasteiger charge is 2.20. The number of thioether (sulfide) groups is 2. The van der Waals surface area contributed by atoms with Gasteiger partial charge < -0.3 is 37.2 Å². The Balaban J connectivity index is 2.38. The summed E-state index contributed by atoms with van der Waals surface area (Å²) in [6.45, 7) is 6.82. The maximum Gasteiger partial charge on any atom is 0.274 e. The van der Waals surface area contributed by atoms with Crippen LogP contribution in [0.25, 0.3) is 0 Å². The number of unbranched alkanes of at least 4 members (excludes halogenated alkanes) is 1. The van der Waals surface area contributed by atoms with Crippen LogP contribution in [0.5, 0.6) is 0 Å². The smallest absolute Gasteiger partial charge is 0.274 e. The van der Waals surface area contributed by atoms with Crippen molar-refractivity contribution in [1.82, 2.24) is 16.0 Å². The number of aliphatic imine (C=N–C) groups is 1. The second kappa shape index (κ2) is 23.9. The molecule has 0 saturated carbocycles. The largest absolute Gasteiger partial charge is 0.358 e. The first kappa shape index (κ1) is 42.8. The normalized spacial score (nSPS) is 11.0. The van der Waals surface area contributed by atoms with Gasteiger partial charge in [-0.3, -0.25) is 33.8 Å². The molecule has 6 amide bonds. The third kappa shape index (κ3) is 15.2. The van der Waals surface area contributed by atoms with Gasteiger partial charge in [0.1, 0.15) is 5.70 Å². The predicted molar refractivity (Wildman–Crippen MR) is 207 cm³/mol. The summed E-state index contributed by atoms with van der Waals surface area (Å²) in [4.78, 5) is 77.6. The monoisotopic (exact) mass is 778 g/mol. The highest BCUT2D eigenvalue weighted by atomic mass is 35.5. The molecule has 7 N–H and O–H groups in total. The van der Waals surface area contributed by atoms with E-state index in [1.807, 2.05) is 7.05 Å². The zero-order valence-electron chi connectivity index (χ0n) is 28.0. The van der Waals surface area contributed by atoms with Crippen LogP contribution < -0.4 is 37.2 Å². The standard InChI is InChI=1S/C33H40Cl2N8O6S2/c1-4-39-28(13-21(2)32(48)42-26-16-22(34)14-24(40-20-46)30(26)50-11-9-37-18-44)33(49)43-27-17-23(35)15-25(31(27)51-12-10-38-19-45)41-29(47)7-5-6-8-36-3/h4,13-20,36H,2,5-12H2,1,3H3,(H,37,44)(H,38,45)(H,40,46)(H,41,47)(H,42,48)(H,43,49)/b28-13-,39-4?. The van der Waals surface area contributed by atoms with Gasteiger partial charge in [-0.1, -0.05) is 29.8 Å². The van der Waals surface area contributed by atoms with Gasteiger partial charge in [0.2, 0.25) is 25.1 Å². The molecule has 0 fully saturated rings. The Morgan fingerprint density at radius 2 is 1.29 bits per heavy atom. The Hall–Kier alpha value is -4.35. The number of benzene rings is 2. The van der Waals surface area contributed by atoms with Crippen LogP contribution in [0.15, 0.2) is 63.0 Å². The summed E-state index contributed by atoms with van der Waals surface area (Å²) < 4.78 is 0. The minimum absolute atomic E-state index is 0.138. The fourth-order valence-electron chi connectivity index (χ4n) is 4.21. The van der Waals surface area contributed by atoms with Gasteiger partial charge in [-0.05, 0) is 63.7 Å². The van der Waals surface area contributed by atoms with E-state index in [9.17, 15) is 28.8 Å². The molecular weight excluding hydrogens is 739 g/mol. The van der Waals surface area contributed by atoms with Crippen molar-refractivity contribution in [1.29, 1.82) is 0 Å². The van der Waals surface area contributed by atoms with Crippen molar-refractivity contribution < 1.29 is 28.8 Å². The van der Waals surface area contributed by atoms with Gasteiger partial charge in [0, 0.05) is 52.8 Å². The highest BCUT2D eigenvalue weighted by Crippen LogP contribution is 2.39. The molecule has 2 aromatic rings. The molecule has 2 aromatic carbocycles. The predicted octanol–water partition coefficient (Wildman–Crippen LogP) is 4.67. The number of hydrogen-bond acceptors (Lipinski definition) is 10. The molecule has 0 aliphatic rings. The lowest BCUT2D eigenvalue weighted by Gasteiger charge is -2.17. The van der Waals surface area contributed by atoms with Crippen LogP contribution in [0.4, 0.5) is 22.7 Å². The van der Waals surface area contributed by atoms with Gasteiger partial charge in [0.25, 0.3) is 11.8 Å². The van der Waals surface area contributed by atoms with E-state index in [0.29, 0.717) is 71.4 Å². The first-order valence-electron chi connectivity index (χ1n) is 15.5. The van der Waals surface area contributed by atoms with Crippen molar-refractivity contribution in [3.8, 4) is 0 Å². The molecule has 274 valence electrons. The number of halogens is 2. The Labute approximate surface area is 314 Å². The number of nitrogens with one attached hydrogen (secondary N) is 7. The Kier molecular flexibility index (Phi) is 20.1. The third-order valence-electron chi connectivity index (χ3n) is 6.43. The van der Waals surface area contributed by atoms with Gasteiger partial charge in [0.05, 0.1) is 32.5 Å². The third-order valence-corrected chi connectivity index (χ3v) is 9.14. The summed E-state index contributed by atoms with van der Waals surface area (Å²) in [6, 6.07) is 6.09. The molecule has 18 heteroatoms. The zero-order valence-corrected chi connectivity index (χ0v) is 31.2. The summed E-state index contributed by atoms with van der Waals surface area (Å²) in [7, 11) is 1.84. The summed E-state index contributed by atoms with van der Waals surface area (Å²) in [5.74, 6) is -0.819. The van der Waals surface area contributed by atoms with E-state index in [-0.39, 0.29) is 45.0 Å². The van der Waals surface area contributed by atoms with Crippen LogP contribution in [0.1, 0.15) is 26.2 Å². The van der Waals surface area contributed by atoms with E-state index >= 15 is 0 Å². The van der Waals surface area contributed by atoms with Crippen molar-refractivity contribution in [2.45, 2.75) is 36.0 Å². The van der Waals surface area contributed by atoms with Crippen LogP contribution in [-0.4, -0.2) is 81.4 Å². The number of carbonyl (C=O) groups is 6. The van der Waals surface area contributed by atoms with Crippen LogP contribution in [0, 0.1) is 0 Å². The molecule has 51 heavy (non-hydrogen) atoms. The number of rotatable bonds is 24. The molecule has 0 radical (unpaired) electrons. The molecular formula is C33H40Cl2N8O6S2. The Bertz CT molecular complexity index is 1640. The van der Waals surface area contributed by atoms with E-state index in [1.165, 1.54) is 54.0 Å². The molecule has 2 rings (SSSR count). The fraction of sp³-hybridized carbons (Fsp3) is 0.303. The Morgan fingerprint density at radius 3 is 1.82 bits per heavy atom. The van der Waals surface area contributed by atoms with Crippen molar-refractivity contribution in [2.24, 2.45) is 4.99 Å². The molecule has 0 unspecified atom stereocenters. The maximum atomic E-state index is 13.6.